The Kier molecular flexibility index (Phi) is 12.0. The maximum absolute atomic E-state index is 12.0. The fourth-order valence-electron chi connectivity index (χ4n) is 2.60. The molecule has 0 unspecified atom stereocenters. The van der Waals surface area contributed by atoms with E-state index in [0.29, 0.717) is 12.2 Å². The van der Waals surface area contributed by atoms with Crippen LogP contribution in [0.5, 0.6) is 0 Å². The summed E-state index contributed by atoms with van der Waals surface area (Å²) in [5.41, 5.74) is 1.88. The molecule has 0 aliphatic carbocycles. The molecule has 136 valence electrons. The number of benzene rings is 2. The second-order valence-corrected chi connectivity index (χ2v) is 6.04. The van der Waals surface area contributed by atoms with Gasteiger partial charge >= 0.3 is 5.97 Å². The Balaban J connectivity index is 0.00000182. The van der Waals surface area contributed by atoms with Gasteiger partial charge in [0.15, 0.2) is 0 Å². The van der Waals surface area contributed by atoms with Gasteiger partial charge in [0.05, 0.1) is 18.3 Å². The van der Waals surface area contributed by atoms with Gasteiger partial charge < -0.3 is 14.2 Å². The van der Waals surface area contributed by atoms with Gasteiger partial charge in [-0.2, -0.15) is 60.7 Å². The van der Waals surface area contributed by atoms with Gasteiger partial charge in [-0.1, -0.05) is 5.56 Å². The van der Waals surface area contributed by atoms with Crippen molar-refractivity contribution in [2.45, 2.75) is 38.8 Å². The normalized spacial score (nSPS) is 20.2. The number of carbonyl (C=O) groups excluding carboxylic acids is 1. The second kappa shape index (κ2) is 12.8. The Hall–Kier alpha value is 0.293. The zero-order valence-corrected chi connectivity index (χ0v) is 24.9. The number of carbonyl (C=O) groups is 1. The summed E-state index contributed by atoms with van der Waals surface area (Å²) in [6.45, 7) is 3.63. The van der Waals surface area contributed by atoms with Crippen molar-refractivity contribution in [3.05, 3.63) is 83.6 Å². The molecule has 0 spiro atoms. The summed E-state index contributed by atoms with van der Waals surface area (Å²) in [7, 11) is 0. The first-order chi connectivity index (χ1) is 12.1. The Morgan fingerprint density at radius 3 is 2.19 bits per heavy atom. The molecular weight excluding hydrogens is 770 g/mol. The molecule has 0 aromatic heterocycles. The molecule has 3 rings (SSSR count). The van der Waals surface area contributed by atoms with Crippen LogP contribution < -0.4 is 0 Å². The minimum atomic E-state index is -0.587. The van der Waals surface area contributed by atoms with Gasteiger partial charge in [0, 0.05) is 94.5 Å². The minimum absolute atomic E-state index is 0. The molecule has 1 saturated heterocycles. The van der Waals surface area contributed by atoms with Gasteiger partial charge in [0.25, 0.3) is 0 Å². The number of hydrogen-bond donors (Lipinski definition) is 0. The van der Waals surface area contributed by atoms with E-state index < -0.39 is 12.3 Å². The van der Waals surface area contributed by atoms with Crippen molar-refractivity contribution < 1.29 is 107 Å². The van der Waals surface area contributed by atoms with Crippen LogP contribution in [0, 0.1) is 100 Å². The van der Waals surface area contributed by atoms with Crippen molar-refractivity contribution in [3.8, 4) is 0 Å². The van der Waals surface area contributed by atoms with E-state index in [1.807, 2.05) is 50.2 Å². The maximum Gasteiger partial charge on any atom is 0.334 e. The zero-order chi connectivity index (χ0) is 17.6. The predicted molar refractivity (Wildman–Crippen MR) is 92.1 cm³/mol. The molecule has 4 nitrogen and oxygen atoms in total. The fourth-order valence-corrected chi connectivity index (χ4v) is 2.60. The van der Waals surface area contributed by atoms with E-state index in [2.05, 4.69) is 12.1 Å². The number of hydrogen-bond acceptors (Lipinski definition) is 4. The van der Waals surface area contributed by atoms with E-state index in [4.69, 9.17) is 14.2 Å². The van der Waals surface area contributed by atoms with Gasteiger partial charge in [-0.15, -0.1) is 5.56 Å². The van der Waals surface area contributed by atoms with Crippen LogP contribution in [-0.4, -0.2) is 12.1 Å². The predicted octanol–water partition coefficient (Wildman–Crippen LogP) is 4.30. The van der Waals surface area contributed by atoms with Crippen LogP contribution in [0.1, 0.15) is 43.8 Å². The number of ether oxygens (including phenoxy) is 3. The third kappa shape index (κ3) is 7.91. The summed E-state index contributed by atoms with van der Waals surface area (Å²) in [5.74, 6) is 0.139. The Labute approximate surface area is 232 Å². The molecule has 0 bridgehead atoms. The van der Waals surface area contributed by atoms with Gasteiger partial charge in [-0.25, -0.2) is 4.79 Å². The molecule has 0 N–H and O–H groups in total. The first-order valence-corrected chi connectivity index (χ1v) is 8.27. The molecule has 1 heterocycles. The Morgan fingerprint density at radius 2 is 1.63 bits per heavy atom. The van der Waals surface area contributed by atoms with Crippen molar-refractivity contribution >= 4 is 5.97 Å². The summed E-state index contributed by atoms with van der Waals surface area (Å²) in [5, 5.41) is 0. The van der Waals surface area contributed by atoms with Gasteiger partial charge in [0.1, 0.15) is 5.76 Å². The minimum Gasteiger partial charge on any atom is -0.467 e. The third-order valence-electron chi connectivity index (χ3n) is 3.70. The third-order valence-corrected chi connectivity index (χ3v) is 3.70. The van der Waals surface area contributed by atoms with E-state index in [1.165, 1.54) is 6.08 Å². The average Bonchev–Trinajstić information content (AvgIpc) is 2.62. The van der Waals surface area contributed by atoms with Crippen molar-refractivity contribution in [2.24, 2.45) is 0 Å². The molecule has 2 aromatic rings. The molecule has 1 aliphatic heterocycles. The molecule has 1 fully saturated rings. The van der Waals surface area contributed by atoms with Crippen molar-refractivity contribution in [2.75, 3.05) is 0 Å². The van der Waals surface area contributed by atoms with Crippen LogP contribution in [-0.2, 0) is 19.0 Å². The van der Waals surface area contributed by atoms with E-state index in [-0.39, 0.29) is 100 Å². The smallest absolute Gasteiger partial charge is 0.334 e. The van der Waals surface area contributed by atoms with Crippen LogP contribution in [0.4, 0.5) is 0 Å². The Bertz CT molecular complexity index is 683. The fraction of sp³-hybridized carbons (Fsp3) is 0.286. The molecule has 1 aliphatic rings. The monoisotopic (exact) mass is 790 g/mol. The Morgan fingerprint density at radius 1 is 1.07 bits per heavy atom. The summed E-state index contributed by atoms with van der Waals surface area (Å²) < 4.78 is 17.2. The van der Waals surface area contributed by atoms with E-state index in [0.717, 1.165) is 11.1 Å². The first kappa shape index (κ1) is 25.3. The molecule has 27 heavy (non-hydrogen) atoms. The van der Waals surface area contributed by atoms with Gasteiger partial charge in [-0.3, -0.25) is 0 Å². The van der Waals surface area contributed by atoms with Crippen LogP contribution >= 0.6 is 0 Å². The standard InChI is InChI=1S/C21H20O4.2Ac/c1-15(2)23-20(22)14-18-13-19(16-9-5-3-6-10-16)25-21(24-18)17-11-7-4-8-12-17;;/h5-12,14-15,19,21H,13H2,1-2H3;;/q-2;;/t19-,21-;;/m0../s1. The topological polar surface area (TPSA) is 44.8 Å². The van der Waals surface area contributed by atoms with Crippen LogP contribution in [0.15, 0.2) is 60.4 Å². The van der Waals surface area contributed by atoms with Gasteiger partial charge in [-0.05, 0) is 13.8 Å². The van der Waals surface area contributed by atoms with Crippen molar-refractivity contribution in [1.82, 2.24) is 0 Å². The van der Waals surface area contributed by atoms with E-state index in [9.17, 15) is 4.79 Å². The van der Waals surface area contributed by atoms with Gasteiger partial charge in [0.2, 0.25) is 6.29 Å². The zero-order valence-electron chi connectivity index (χ0n) is 15.4. The molecule has 0 amide bonds. The van der Waals surface area contributed by atoms with Crippen molar-refractivity contribution in [1.29, 1.82) is 0 Å². The maximum atomic E-state index is 12.0. The summed E-state index contributed by atoms with van der Waals surface area (Å²) in [6.07, 6.45) is 0.899. The second-order valence-electron chi connectivity index (χ2n) is 6.04. The number of rotatable bonds is 4. The largest absolute Gasteiger partial charge is 0.467 e. The summed E-state index contributed by atoms with van der Waals surface area (Å²) in [6, 6.07) is 21.0. The summed E-state index contributed by atoms with van der Waals surface area (Å²) in [4.78, 5) is 12.0. The SMILES string of the molecule is CC(C)OC(=O)C=C1C[C@@H](c2cc[c-]cc2)O[C@@H](c2cc[c-]cc2)O1.[Ac].[Ac]. The molecule has 2 atom stereocenters. The quantitative estimate of drug-likeness (QED) is 0.264. The van der Waals surface area contributed by atoms with E-state index >= 15 is 0 Å². The van der Waals surface area contributed by atoms with Crippen LogP contribution in [0.3, 0.4) is 0 Å². The van der Waals surface area contributed by atoms with Crippen molar-refractivity contribution in [3.63, 3.8) is 0 Å². The van der Waals surface area contributed by atoms with Crippen LogP contribution in [0.25, 0.3) is 0 Å². The summed E-state index contributed by atoms with van der Waals surface area (Å²) >= 11 is 0. The molecule has 0 saturated carbocycles. The average molecular weight is 790 g/mol. The molecular formula is C21H20Ac2O4-2. The molecule has 2 aromatic carbocycles. The first-order valence-electron chi connectivity index (χ1n) is 8.27. The van der Waals surface area contributed by atoms with Crippen LogP contribution in [0.2, 0.25) is 0 Å². The molecule has 6 heteroatoms. The van der Waals surface area contributed by atoms with E-state index in [1.54, 1.807) is 12.1 Å². The number of esters is 1. The molecule has 2 radical (unpaired) electrons.